The van der Waals surface area contributed by atoms with Crippen LogP contribution in [0.25, 0.3) is 0 Å². The van der Waals surface area contributed by atoms with Crippen LogP contribution in [0.4, 0.5) is 10.5 Å². The van der Waals surface area contributed by atoms with Crippen molar-refractivity contribution in [1.82, 2.24) is 0 Å². The maximum Gasteiger partial charge on any atom is 0.415 e. The third kappa shape index (κ3) is 4.56. The molecule has 2 N–H and O–H groups in total. The standard InChI is InChI=1S/C14H19NO5S/c1-14(2,3)20-13(19)15(10(8-21)12(17)18)9-6-4-5-7-11(9)16/h4-7,10,16,21H,8H2,1-3H3,(H,17,18). The van der Waals surface area contributed by atoms with Crippen molar-refractivity contribution >= 4 is 30.4 Å². The fourth-order valence-corrected chi connectivity index (χ4v) is 1.96. The van der Waals surface area contributed by atoms with Gasteiger partial charge >= 0.3 is 12.1 Å². The first-order valence-corrected chi connectivity index (χ1v) is 6.94. The second-order valence-electron chi connectivity index (χ2n) is 5.38. The fraction of sp³-hybridized carbons (Fsp3) is 0.429. The maximum atomic E-state index is 12.3. The number of phenols is 1. The molecule has 6 nitrogen and oxygen atoms in total. The molecule has 0 aliphatic carbocycles. The summed E-state index contributed by atoms with van der Waals surface area (Å²) in [4.78, 5) is 24.6. The molecule has 1 unspecified atom stereocenters. The van der Waals surface area contributed by atoms with E-state index in [0.717, 1.165) is 4.90 Å². The number of aromatic hydroxyl groups is 1. The second kappa shape index (κ2) is 6.71. The molecule has 0 saturated carbocycles. The molecular weight excluding hydrogens is 294 g/mol. The van der Waals surface area contributed by atoms with Gasteiger partial charge in [0, 0.05) is 5.75 Å². The van der Waals surface area contributed by atoms with Crippen LogP contribution in [0.2, 0.25) is 0 Å². The molecule has 7 heteroatoms. The van der Waals surface area contributed by atoms with Crippen LogP contribution in [0.5, 0.6) is 5.75 Å². The molecule has 0 fully saturated rings. The van der Waals surface area contributed by atoms with Crippen molar-refractivity contribution in [2.45, 2.75) is 32.4 Å². The van der Waals surface area contributed by atoms with Gasteiger partial charge in [-0.15, -0.1) is 0 Å². The van der Waals surface area contributed by atoms with Crippen molar-refractivity contribution in [1.29, 1.82) is 0 Å². The zero-order chi connectivity index (χ0) is 16.2. The predicted octanol–water partition coefficient (Wildman–Crippen LogP) is 2.52. The first-order valence-electron chi connectivity index (χ1n) is 6.31. The first-order chi connectivity index (χ1) is 9.67. The van der Waals surface area contributed by atoms with E-state index in [0.29, 0.717) is 0 Å². The molecular formula is C14H19NO5S. The van der Waals surface area contributed by atoms with E-state index in [1.54, 1.807) is 32.9 Å². The van der Waals surface area contributed by atoms with Crippen molar-refractivity contribution in [3.8, 4) is 5.75 Å². The van der Waals surface area contributed by atoms with Crippen LogP contribution in [-0.2, 0) is 9.53 Å². The molecule has 0 aromatic heterocycles. The number of anilines is 1. The number of carboxylic acid groups (broad SMARTS) is 1. The van der Waals surface area contributed by atoms with Gasteiger partial charge in [0.05, 0.1) is 5.69 Å². The van der Waals surface area contributed by atoms with Crippen molar-refractivity contribution < 1.29 is 24.5 Å². The Bertz CT molecular complexity index is 526. The normalized spacial score (nSPS) is 12.6. The lowest BCUT2D eigenvalue weighted by atomic mass is 10.2. The smallest absolute Gasteiger partial charge is 0.415 e. The highest BCUT2D eigenvalue weighted by molar-refractivity contribution is 7.80. The fourth-order valence-electron chi connectivity index (χ4n) is 1.64. The summed E-state index contributed by atoms with van der Waals surface area (Å²) >= 11 is 3.97. The largest absolute Gasteiger partial charge is 0.506 e. The van der Waals surface area contributed by atoms with Gasteiger partial charge in [0.1, 0.15) is 17.4 Å². The Balaban J connectivity index is 3.27. The number of carbonyl (C=O) groups excluding carboxylic acids is 1. The Morgan fingerprint density at radius 1 is 1.33 bits per heavy atom. The highest BCUT2D eigenvalue weighted by Gasteiger charge is 2.34. The summed E-state index contributed by atoms with van der Waals surface area (Å²) in [5, 5.41) is 19.2. The minimum atomic E-state index is -1.25. The Hall–Kier alpha value is -1.89. The van der Waals surface area contributed by atoms with Crippen LogP contribution in [0.15, 0.2) is 24.3 Å². The van der Waals surface area contributed by atoms with Gasteiger partial charge < -0.3 is 14.9 Å². The molecule has 0 spiro atoms. The molecule has 0 radical (unpaired) electrons. The zero-order valence-corrected chi connectivity index (χ0v) is 13.0. The van der Waals surface area contributed by atoms with E-state index in [1.165, 1.54) is 12.1 Å². The van der Waals surface area contributed by atoms with E-state index in [1.807, 2.05) is 0 Å². The van der Waals surface area contributed by atoms with E-state index < -0.39 is 23.7 Å². The Kier molecular flexibility index (Phi) is 5.48. The molecule has 21 heavy (non-hydrogen) atoms. The summed E-state index contributed by atoms with van der Waals surface area (Å²) in [6.45, 7) is 5.01. The van der Waals surface area contributed by atoms with E-state index in [-0.39, 0.29) is 17.2 Å². The zero-order valence-electron chi connectivity index (χ0n) is 12.1. The van der Waals surface area contributed by atoms with Gasteiger partial charge in [-0.2, -0.15) is 12.6 Å². The van der Waals surface area contributed by atoms with E-state index in [2.05, 4.69) is 12.6 Å². The third-order valence-corrected chi connectivity index (χ3v) is 2.85. The van der Waals surface area contributed by atoms with E-state index in [4.69, 9.17) is 4.74 Å². The lowest BCUT2D eigenvalue weighted by Crippen LogP contribution is -2.48. The Labute approximate surface area is 128 Å². The molecule has 1 amide bonds. The van der Waals surface area contributed by atoms with E-state index in [9.17, 15) is 19.8 Å². The first kappa shape index (κ1) is 17.2. The molecule has 0 heterocycles. The number of hydrogen-bond acceptors (Lipinski definition) is 5. The second-order valence-corrected chi connectivity index (χ2v) is 5.74. The number of para-hydroxylation sites is 2. The number of ether oxygens (including phenoxy) is 1. The number of aliphatic carboxylic acids is 1. The molecule has 1 atom stereocenters. The maximum absolute atomic E-state index is 12.3. The molecule has 116 valence electrons. The Morgan fingerprint density at radius 2 is 1.90 bits per heavy atom. The van der Waals surface area contributed by atoms with E-state index >= 15 is 0 Å². The van der Waals surface area contributed by atoms with Gasteiger partial charge in [0.25, 0.3) is 0 Å². The van der Waals surface area contributed by atoms with Crippen LogP contribution in [-0.4, -0.2) is 39.7 Å². The molecule has 0 bridgehead atoms. The number of phenolic OH excluding ortho intramolecular Hbond substituents is 1. The lowest BCUT2D eigenvalue weighted by Gasteiger charge is -2.31. The summed E-state index contributed by atoms with van der Waals surface area (Å²) in [6, 6.07) is 4.71. The van der Waals surface area contributed by atoms with Gasteiger partial charge in [0.15, 0.2) is 0 Å². The third-order valence-electron chi connectivity index (χ3n) is 2.50. The monoisotopic (exact) mass is 313 g/mol. The highest BCUT2D eigenvalue weighted by atomic mass is 32.1. The van der Waals surface area contributed by atoms with Gasteiger partial charge in [-0.05, 0) is 32.9 Å². The van der Waals surface area contributed by atoms with Crippen LogP contribution >= 0.6 is 12.6 Å². The number of carboxylic acids is 1. The average molecular weight is 313 g/mol. The summed E-state index contributed by atoms with van der Waals surface area (Å²) in [6.07, 6.45) is -0.856. The van der Waals surface area contributed by atoms with Crippen molar-refractivity contribution in [3.05, 3.63) is 24.3 Å². The summed E-state index contributed by atoms with van der Waals surface area (Å²) in [5.74, 6) is -1.57. The van der Waals surface area contributed by atoms with Crippen molar-refractivity contribution in [2.75, 3.05) is 10.7 Å². The summed E-state index contributed by atoms with van der Waals surface area (Å²) in [7, 11) is 0. The number of thiol groups is 1. The summed E-state index contributed by atoms with van der Waals surface area (Å²) < 4.78 is 5.22. The quantitative estimate of drug-likeness (QED) is 0.744. The topological polar surface area (TPSA) is 87.1 Å². The number of benzene rings is 1. The predicted molar refractivity (Wildman–Crippen MR) is 82.1 cm³/mol. The number of carbonyl (C=O) groups is 2. The molecule has 1 rings (SSSR count). The molecule has 0 aliphatic rings. The molecule has 1 aromatic carbocycles. The minimum Gasteiger partial charge on any atom is -0.506 e. The molecule has 0 aliphatic heterocycles. The van der Waals surface area contributed by atoms with Crippen LogP contribution < -0.4 is 4.90 Å². The van der Waals surface area contributed by atoms with Gasteiger partial charge in [-0.25, -0.2) is 9.59 Å². The van der Waals surface area contributed by atoms with Crippen LogP contribution in [0.3, 0.4) is 0 Å². The number of rotatable bonds is 4. The van der Waals surface area contributed by atoms with Crippen molar-refractivity contribution in [2.24, 2.45) is 0 Å². The van der Waals surface area contributed by atoms with Gasteiger partial charge in [-0.1, -0.05) is 12.1 Å². The number of nitrogens with zero attached hydrogens (tertiary/aromatic N) is 1. The highest BCUT2D eigenvalue weighted by Crippen LogP contribution is 2.30. The minimum absolute atomic E-state index is 0.0631. The summed E-state index contributed by atoms with van der Waals surface area (Å²) in [5.41, 5.74) is -0.729. The van der Waals surface area contributed by atoms with Crippen LogP contribution in [0, 0.1) is 0 Å². The number of amides is 1. The Morgan fingerprint density at radius 3 is 2.33 bits per heavy atom. The van der Waals surface area contributed by atoms with Crippen molar-refractivity contribution in [3.63, 3.8) is 0 Å². The van der Waals surface area contributed by atoms with Crippen LogP contribution in [0.1, 0.15) is 20.8 Å². The molecule has 1 aromatic rings. The average Bonchev–Trinajstić information content (AvgIpc) is 2.34. The van der Waals surface area contributed by atoms with Gasteiger partial charge in [-0.3, -0.25) is 4.90 Å². The molecule has 0 saturated heterocycles. The number of hydrogen-bond donors (Lipinski definition) is 3. The SMILES string of the molecule is CC(C)(C)OC(=O)N(c1ccccc1O)C(CS)C(=O)O. The van der Waals surface area contributed by atoms with Gasteiger partial charge in [0.2, 0.25) is 0 Å². The lowest BCUT2D eigenvalue weighted by molar-refractivity contribution is -0.138.